The average Bonchev–Trinajstić information content (AvgIpc) is 3.42. The Bertz CT molecular complexity index is 1280. The monoisotopic (exact) mass is 462 g/mol. The van der Waals surface area contributed by atoms with Crippen LogP contribution in [-0.2, 0) is 21.7 Å². The number of phenols is 1. The zero-order chi connectivity index (χ0) is 23.9. The number of cyclic esters (lactones) is 1. The van der Waals surface area contributed by atoms with E-state index < -0.39 is 11.8 Å². The molecule has 0 aliphatic carbocycles. The van der Waals surface area contributed by atoms with Crippen LogP contribution in [0.25, 0.3) is 5.57 Å². The lowest BCUT2D eigenvalue weighted by Gasteiger charge is -2.26. The second kappa shape index (κ2) is 8.31. The van der Waals surface area contributed by atoms with Crippen LogP contribution < -0.4 is 18.9 Å². The molecule has 0 aromatic heterocycles. The number of hydrogen-bond acceptors (Lipinski definition) is 8. The van der Waals surface area contributed by atoms with Crippen LogP contribution in [0.3, 0.4) is 0 Å². The molecule has 3 aromatic rings. The van der Waals surface area contributed by atoms with Crippen LogP contribution in [0.15, 0.2) is 66.2 Å². The molecule has 34 heavy (non-hydrogen) atoms. The molecule has 0 saturated heterocycles. The summed E-state index contributed by atoms with van der Waals surface area (Å²) in [5.41, 5.74) is 2.14. The first-order valence-electron chi connectivity index (χ1n) is 10.5. The number of benzene rings is 3. The Kier molecular flexibility index (Phi) is 5.30. The zero-order valence-corrected chi connectivity index (χ0v) is 18.5. The minimum atomic E-state index is -2.01. The minimum Gasteiger partial charge on any atom is -0.508 e. The third kappa shape index (κ3) is 3.58. The van der Waals surface area contributed by atoms with Crippen molar-refractivity contribution in [3.63, 3.8) is 0 Å². The predicted octanol–water partition coefficient (Wildman–Crippen LogP) is 3.54. The van der Waals surface area contributed by atoms with Crippen molar-refractivity contribution < 1.29 is 38.7 Å². The first kappa shape index (κ1) is 21.7. The molecular formula is C26H22O8. The van der Waals surface area contributed by atoms with E-state index >= 15 is 0 Å². The summed E-state index contributed by atoms with van der Waals surface area (Å²) in [7, 11) is 3.04. The average molecular weight is 462 g/mol. The molecule has 0 radical (unpaired) electrons. The van der Waals surface area contributed by atoms with Gasteiger partial charge in [-0.2, -0.15) is 0 Å². The van der Waals surface area contributed by atoms with Gasteiger partial charge in [0.2, 0.25) is 12.5 Å². The lowest BCUT2D eigenvalue weighted by atomic mass is 9.88. The largest absolute Gasteiger partial charge is 0.508 e. The molecule has 0 saturated carbocycles. The molecule has 0 bridgehead atoms. The molecular weight excluding hydrogens is 440 g/mol. The maximum atomic E-state index is 13.2. The summed E-state index contributed by atoms with van der Waals surface area (Å²) in [6.45, 7) is 0.0365. The molecule has 1 atom stereocenters. The van der Waals surface area contributed by atoms with E-state index in [2.05, 4.69) is 0 Å². The second-order valence-electron chi connectivity index (χ2n) is 7.87. The normalized spacial score (nSPS) is 18.7. The van der Waals surface area contributed by atoms with Gasteiger partial charge in [0, 0.05) is 17.6 Å². The van der Waals surface area contributed by atoms with E-state index in [1.54, 1.807) is 67.8 Å². The second-order valence-corrected chi connectivity index (χ2v) is 7.87. The van der Waals surface area contributed by atoms with Gasteiger partial charge in [0.1, 0.15) is 11.5 Å². The van der Waals surface area contributed by atoms with E-state index in [4.69, 9.17) is 23.7 Å². The Morgan fingerprint density at radius 3 is 2.38 bits per heavy atom. The molecule has 1 unspecified atom stereocenters. The van der Waals surface area contributed by atoms with Crippen LogP contribution >= 0.6 is 0 Å². The molecule has 174 valence electrons. The maximum Gasteiger partial charge on any atom is 0.342 e. The predicted molar refractivity (Wildman–Crippen MR) is 121 cm³/mol. The van der Waals surface area contributed by atoms with Crippen LogP contribution in [0, 0.1) is 0 Å². The smallest absolute Gasteiger partial charge is 0.342 e. The van der Waals surface area contributed by atoms with Gasteiger partial charge < -0.3 is 33.9 Å². The minimum absolute atomic E-state index is 0.0365. The van der Waals surface area contributed by atoms with E-state index in [9.17, 15) is 15.0 Å². The highest BCUT2D eigenvalue weighted by molar-refractivity contribution is 6.20. The lowest BCUT2D eigenvalue weighted by molar-refractivity contribution is -0.185. The van der Waals surface area contributed by atoms with Crippen molar-refractivity contribution in [1.82, 2.24) is 0 Å². The number of hydrogen-bond donors (Lipinski definition) is 2. The zero-order valence-electron chi connectivity index (χ0n) is 18.5. The summed E-state index contributed by atoms with van der Waals surface area (Å²) in [5, 5.41) is 21.4. The molecule has 3 aromatic carbocycles. The van der Waals surface area contributed by atoms with E-state index in [0.717, 1.165) is 5.56 Å². The fourth-order valence-corrected chi connectivity index (χ4v) is 4.18. The first-order chi connectivity index (χ1) is 16.4. The number of aromatic hydroxyl groups is 1. The fourth-order valence-electron chi connectivity index (χ4n) is 4.18. The van der Waals surface area contributed by atoms with Crippen molar-refractivity contribution in [2.24, 2.45) is 0 Å². The summed E-state index contributed by atoms with van der Waals surface area (Å²) in [4.78, 5) is 13.2. The number of carbonyl (C=O) groups excluding carboxylic acids is 1. The van der Waals surface area contributed by atoms with Crippen molar-refractivity contribution in [3.8, 4) is 28.7 Å². The van der Waals surface area contributed by atoms with E-state index in [-0.39, 0.29) is 24.5 Å². The van der Waals surface area contributed by atoms with Crippen molar-refractivity contribution in [1.29, 1.82) is 0 Å². The van der Waals surface area contributed by atoms with Gasteiger partial charge in [-0.25, -0.2) is 4.79 Å². The number of phenolic OH excluding ortho intramolecular Hbond substituents is 1. The number of esters is 1. The summed E-state index contributed by atoms with van der Waals surface area (Å²) in [6.07, 6.45) is 0.181. The van der Waals surface area contributed by atoms with Crippen LogP contribution in [0.5, 0.6) is 28.7 Å². The number of ether oxygens (including phenoxy) is 5. The van der Waals surface area contributed by atoms with Gasteiger partial charge in [0.25, 0.3) is 5.79 Å². The molecule has 0 fully saturated rings. The summed E-state index contributed by atoms with van der Waals surface area (Å²) < 4.78 is 27.3. The SMILES string of the molecule is COc1ccc(C2(O)OC(=O)C(c3cc(OC)c4c(c3)OCO4)=C2Cc2ccc(O)cc2)cc1. The number of rotatable bonds is 6. The van der Waals surface area contributed by atoms with Crippen molar-refractivity contribution in [3.05, 3.63) is 82.9 Å². The molecule has 5 rings (SSSR count). The van der Waals surface area contributed by atoms with E-state index in [1.807, 2.05) is 0 Å². The highest BCUT2D eigenvalue weighted by Gasteiger charge is 2.48. The van der Waals surface area contributed by atoms with Crippen molar-refractivity contribution >= 4 is 11.5 Å². The van der Waals surface area contributed by atoms with Crippen molar-refractivity contribution in [2.75, 3.05) is 21.0 Å². The van der Waals surface area contributed by atoms with Gasteiger partial charge in [-0.05, 0) is 59.7 Å². The van der Waals surface area contributed by atoms with Crippen LogP contribution in [0.2, 0.25) is 0 Å². The Labute approximate surface area is 195 Å². The summed E-state index contributed by atoms with van der Waals surface area (Å²) >= 11 is 0. The van der Waals surface area contributed by atoms with E-state index in [1.165, 1.54) is 7.11 Å². The van der Waals surface area contributed by atoms with Crippen LogP contribution in [-0.4, -0.2) is 37.2 Å². The van der Waals surface area contributed by atoms with Crippen LogP contribution in [0.1, 0.15) is 16.7 Å². The van der Waals surface area contributed by atoms with Gasteiger partial charge in [-0.15, -0.1) is 0 Å². The molecule has 0 amide bonds. The van der Waals surface area contributed by atoms with Gasteiger partial charge in [0.05, 0.1) is 19.8 Å². The highest BCUT2D eigenvalue weighted by Crippen LogP contribution is 2.49. The number of aliphatic hydroxyl groups is 1. The molecule has 8 nitrogen and oxygen atoms in total. The molecule has 2 aliphatic heterocycles. The van der Waals surface area contributed by atoms with Crippen LogP contribution in [0.4, 0.5) is 0 Å². The lowest BCUT2D eigenvalue weighted by Crippen LogP contribution is -2.29. The molecule has 0 spiro atoms. The first-order valence-corrected chi connectivity index (χ1v) is 10.5. The van der Waals surface area contributed by atoms with Gasteiger partial charge in [0.15, 0.2) is 11.5 Å². The van der Waals surface area contributed by atoms with Crippen molar-refractivity contribution in [2.45, 2.75) is 12.2 Å². The van der Waals surface area contributed by atoms with Gasteiger partial charge in [-0.3, -0.25) is 0 Å². The highest BCUT2D eigenvalue weighted by atomic mass is 16.7. The van der Waals surface area contributed by atoms with E-state index in [0.29, 0.717) is 39.7 Å². The summed E-state index contributed by atoms with van der Waals surface area (Å²) in [5.74, 6) is -0.714. The molecule has 2 heterocycles. The Morgan fingerprint density at radius 1 is 0.971 bits per heavy atom. The quantitative estimate of drug-likeness (QED) is 0.537. The fraction of sp³-hybridized carbons (Fsp3) is 0.192. The molecule has 8 heteroatoms. The topological polar surface area (TPSA) is 104 Å². The third-order valence-electron chi connectivity index (χ3n) is 5.90. The maximum absolute atomic E-state index is 13.2. The third-order valence-corrected chi connectivity index (χ3v) is 5.90. The van der Waals surface area contributed by atoms with Gasteiger partial charge >= 0.3 is 5.97 Å². The Balaban J connectivity index is 1.69. The summed E-state index contributed by atoms with van der Waals surface area (Å²) in [6, 6.07) is 16.5. The Morgan fingerprint density at radius 2 is 1.71 bits per heavy atom. The molecule has 2 aliphatic rings. The number of carbonyl (C=O) groups is 1. The number of methoxy groups -OCH3 is 2. The molecule has 2 N–H and O–H groups in total. The Hall–Kier alpha value is -4.17. The van der Waals surface area contributed by atoms with Gasteiger partial charge in [-0.1, -0.05) is 12.1 Å². The standard InChI is InChI=1S/C26H22O8/c1-30-19-9-5-17(6-10-19)26(29)20(11-15-3-7-18(27)8-4-15)23(25(28)34-26)16-12-21(31-2)24-22(13-16)32-14-33-24/h3-10,12-13,27,29H,11,14H2,1-2H3. The number of fused-ring (bicyclic) bond motifs is 1.